The predicted octanol–water partition coefficient (Wildman–Crippen LogP) is 4.57. The SMILES string of the molecule is CCn1c(C)nc2c(F)c(C#Cc3nn([C@H]4C[C@H](COC)N(C(=O)OC(C)(C)C)C4)c4ccnc(N)c34)c(F)cc21. The first-order valence-electron chi connectivity index (χ1n) is 13.4. The Hall–Kier alpha value is -4.24. The molecule has 0 bridgehead atoms. The monoisotopic (exact) mass is 565 g/mol. The normalized spacial score (nSPS) is 17.3. The zero-order chi connectivity index (χ0) is 29.6. The molecule has 0 radical (unpaired) electrons. The highest BCUT2D eigenvalue weighted by Gasteiger charge is 2.39. The number of benzene rings is 1. The third-order valence-electron chi connectivity index (χ3n) is 7.12. The molecule has 1 fully saturated rings. The predicted molar refractivity (Wildman–Crippen MR) is 150 cm³/mol. The fourth-order valence-electron chi connectivity index (χ4n) is 5.38. The summed E-state index contributed by atoms with van der Waals surface area (Å²) >= 11 is 0. The molecule has 0 spiro atoms. The summed E-state index contributed by atoms with van der Waals surface area (Å²) in [5.74, 6) is 4.60. The fourth-order valence-corrected chi connectivity index (χ4v) is 5.38. The third kappa shape index (κ3) is 5.17. The summed E-state index contributed by atoms with van der Waals surface area (Å²) in [5, 5.41) is 5.17. The summed E-state index contributed by atoms with van der Waals surface area (Å²) in [5.41, 5.74) is 6.46. The van der Waals surface area contributed by atoms with Crippen LogP contribution in [0.4, 0.5) is 19.4 Å². The quantitative estimate of drug-likeness (QED) is 0.361. The molecule has 4 aromatic rings. The van der Waals surface area contributed by atoms with Gasteiger partial charge in [0, 0.05) is 32.5 Å². The maximum Gasteiger partial charge on any atom is 0.410 e. The number of amides is 1. The number of rotatable bonds is 4. The zero-order valence-corrected chi connectivity index (χ0v) is 24.0. The molecule has 0 aliphatic carbocycles. The van der Waals surface area contributed by atoms with Crippen LogP contribution in [0.5, 0.6) is 0 Å². The topological polar surface area (TPSA) is 113 Å². The number of fused-ring (bicyclic) bond motifs is 2. The van der Waals surface area contributed by atoms with Crippen molar-refractivity contribution >= 4 is 33.8 Å². The molecule has 1 saturated heterocycles. The minimum atomic E-state index is -0.830. The Balaban J connectivity index is 1.56. The molecule has 0 unspecified atom stereocenters. The van der Waals surface area contributed by atoms with E-state index in [1.165, 1.54) is 6.07 Å². The number of carbonyl (C=O) groups excluding carboxylic acids is 1. The number of aromatic nitrogens is 5. The van der Waals surface area contributed by atoms with Gasteiger partial charge in [-0.05, 0) is 53.0 Å². The maximum atomic E-state index is 15.4. The summed E-state index contributed by atoms with van der Waals surface area (Å²) in [7, 11) is 1.58. The molecule has 5 rings (SSSR count). The first-order valence-corrected chi connectivity index (χ1v) is 13.4. The summed E-state index contributed by atoms with van der Waals surface area (Å²) in [6, 6.07) is 2.50. The van der Waals surface area contributed by atoms with Gasteiger partial charge in [-0.25, -0.2) is 23.5 Å². The molecule has 2 atom stereocenters. The second kappa shape index (κ2) is 10.6. The molecule has 3 aromatic heterocycles. The fraction of sp³-hybridized carbons (Fsp3) is 0.448. The van der Waals surface area contributed by atoms with Gasteiger partial charge in [0.15, 0.2) is 5.82 Å². The molecule has 0 saturated carbocycles. The highest BCUT2D eigenvalue weighted by molar-refractivity contribution is 5.93. The number of anilines is 1. The van der Waals surface area contributed by atoms with Crippen molar-refractivity contribution in [1.29, 1.82) is 0 Å². The van der Waals surface area contributed by atoms with E-state index in [4.69, 9.17) is 20.3 Å². The number of imidazole rings is 1. The lowest BCUT2D eigenvalue weighted by atomic mass is 10.1. The molecule has 2 N–H and O–H groups in total. The highest BCUT2D eigenvalue weighted by Crippen LogP contribution is 2.33. The van der Waals surface area contributed by atoms with Crippen molar-refractivity contribution in [3.8, 4) is 11.8 Å². The summed E-state index contributed by atoms with van der Waals surface area (Å²) in [6.07, 6.45) is 1.65. The van der Waals surface area contributed by atoms with Crippen LogP contribution in [0.25, 0.3) is 21.9 Å². The molecular weight excluding hydrogens is 532 g/mol. The number of pyridine rings is 1. The average Bonchev–Trinajstić information content (AvgIpc) is 3.57. The molecule has 1 amide bonds. The Kier molecular flexibility index (Phi) is 7.33. The van der Waals surface area contributed by atoms with Crippen LogP contribution < -0.4 is 5.73 Å². The molecule has 4 heterocycles. The van der Waals surface area contributed by atoms with E-state index in [-0.39, 0.29) is 29.1 Å². The highest BCUT2D eigenvalue weighted by atomic mass is 19.1. The van der Waals surface area contributed by atoms with Crippen molar-refractivity contribution in [1.82, 2.24) is 29.2 Å². The van der Waals surface area contributed by atoms with Crippen molar-refractivity contribution in [2.75, 3.05) is 26.0 Å². The zero-order valence-electron chi connectivity index (χ0n) is 24.0. The Morgan fingerprint density at radius 3 is 2.68 bits per heavy atom. The second-order valence-electron chi connectivity index (χ2n) is 11.1. The van der Waals surface area contributed by atoms with Gasteiger partial charge < -0.3 is 24.7 Å². The summed E-state index contributed by atoms with van der Waals surface area (Å²) in [6.45, 7) is 10.2. The molecular formula is C29H33F2N7O3. The molecule has 1 aliphatic heterocycles. The lowest BCUT2D eigenvalue weighted by Gasteiger charge is -2.28. The van der Waals surface area contributed by atoms with Crippen LogP contribution >= 0.6 is 0 Å². The van der Waals surface area contributed by atoms with Crippen molar-refractivity contribution in [2.24, 2.45) is 0 Å². The van der Waals surface area contributed by atoms with Crippen molar-refractivity contribution < 1.29 is 23.0 Å². The van der Waals surface area contributed by atoms with Gasteiger partial charge in [-0.2, -0.15) is 5.10 Å². The number of hydrogen-bond donors (Lipinski definition) is 1. The van der Waals surface area contributed by atoms with Crippen LogP contribution in [-0.4, -0.2) is 67.2 Å². The smallest absolute Gasteiger partial charge is 0.410 e. The number of carbonyl (C=O) groups is 1. The number of aryl methyl sites for hydroxylation is 2. The molecule has 10 nitrogen and oxygen atoms in total. The Labute approximate surface area is 236 Å². The Bertz CT molecular complexity index is 1710. The standard InChI is InChI=1S/C29H33F2N7O3/c1-7-36-16(2)34-26-23(36)13-20(30)19(25(26)31)8-9-21-24-22(10-11-33-27(24)32)38(35-21)17-12-18(15-40-6)37(14-17)28(39)41-29(3,4)5/h10-11,13,17-18H,7,12,14-15H2,1-6H3,(H2,32,33)/t17-,18+/m0/s1. The van der Waals surface area contributed by atoms with Gasteiger partial charge in [-0.1, -0.05) is 5.92 Å². The number of likely N-dealkylation sites (tertiary alicyclic amines) is 1. The lowest BCUT2D eigenvalue weighted by Crippen LogP contribution is -2.41. The van der Waals surface area contributed by atoms with E-state index in [2.05, 4.69) is 21.8 Å². The van der Waals surface area contributed by atoms with Gasteiger partial charge in [0.1, 0.15) is 34.3 Å². The average molecular weight is 566 g/mol. The van der Waals surface area contributed by atoms with Gasteiger partial charge in [-0.15, -0.1) is 0 Å². The summed E-state index contributed by atoms with van der Waals surface area (Å²) in [4.78, 5) is 23.1. The number of hydrogen-bond acceptors (Lipinski definition) is 7. The van der Waals surface area contributed by atoms with Crippen LogP contribution in [0, 0.1) is 30.4 Å². The number of ether oxygens (including phenoxy) is 2. The molecule has 12 heteroatoms. The number of nitrogens with two attached hydrogens (primary N) is 1. The van der Waals surface area contributed by atoms with Crippen molar-refractivity contribution in [3.63, 3.8) is 0 Å². The molecule has 216 valence electrons. The van der Waals surface area contributed by atoms with Crippen LogP contribution in [0.3, 0.4) is 0 Å². The molecule has 41 heavy (non-hydrogen) atoms. The van der Waals surface area contributed by atoms with E-state index in [9.17, 15) is 4.79 Å². The van der Waals surface area contributed by atoms with E-state index < -0.39 is 28.9 Å². The van der Waals surface area contributed by atoms with Gasteiger partial charge in [0.25, 0.3) is 0 Å². The maximum absolute atomic E-state index is 15.4. The number of nitrogen functional groups attached to an aromatic ring is 1. The third-order valence-corrected chi connectivity index (χ3v) is 7.12. The van der Waals surface area contributed by atoms with Crippen LogP contribution in [-0.2, 0) is 16.0 Å². The molecule has 1 aliphatic rings. The minimum absolute atomic E-state index is 0.0593. The first kappa shape index (κ1) is 28.3. The van der Waals surface area contributed by atoms with E-state index in [0.29, 0.717) is 48.4 Å². The lowest BCUT2D eigenvalue weighted by molar-refractivity contribution is 0.0145. The van der Waals surface area contributed by atoms with E-state index in [1.807, 2.05) is 27.7 Å². The van der Waals surface area contributed by atoms with Crippen LogP contribution in [0.2, 0.25) is 0 Å². The van der Waals surface area contributed by atoms with Gasteiger partial charge in [0.2, 0.25) is 0 Å². The van der Waals surface area contributed by atoms with E-state index >= 15 is 8.78 Å². The van der Waals surface area contributed by atoms with Crippen molar-refractivity contribution in [3.05, 3.63) is 47.0 Å². The number of halogens is 2. The Morgan fingerprint density at radius 2 is 2.00 bits per heavy atom. The molecule has 1 aromatic carbocycles. The van der Waals surface area contributed by atoms with Gasteiger partial charge in [-0.3, -0.25) is 4.68 Å². The van der Waals surface area contributed by atoms with Gasteiger partial charge >= 0.3 is 6.09 Å². The minimum Gasteiger partial charge on any atom is -0.444 e. The summed E-state index contributed by atoms with van der Waals surface area (Å²) < 4.78 is 45.0. The second-order valence-corrected chi connectivity index (χ2v) is 11.1. The number of nitrogens with zero attached hydrogens (tertiary/aromatic N) is 6. The first-order chi connectivity index (χ1) is 19.4. The Morgan fingerprint density at radius 1 is 1.24 bits per heavy atom. The van der Waals surface area contributed by atoms with E-state index in [1.54, 1.807) is 40.4 Å². The van der Waals surface area contributed by atoms with E-state index in [0.717, 1.165) is 0 Å². The van der Waals surface area contributed by atoms with Crippen LogP contribution in [0.15, 0.2) is 18.3 Å². The van der Waals surface area contributed by atoms with Crippen molar-refractivity contribution in [2.45, 2.75) is 65.3 Å². The van der Waals surface area contributed by atoms with Crippen LogP contribution in [0.1, 0.15) is 57.2 Å². The largest absolute Gasteiger partial charge is 0.444 e. The number of methoxy groups -OCH3 is 1. The van der Waals surface area contributed by atoms with Gasteiger partial charge in [0.05, 0.1) is 40.7 Å².